The molecule has 0 atom stereocenters. The molecule has 0 unspecified atom stereocenters. The summed E-state index contributed by atoms with van der Waals surface area (Å²) in [7, 11) is 0. The first-order chi connectivity index (χ1) is 28.8. The predicted octanol–water partition coefficient (Wildman–Crippen LogP) is 15.8. The van der Waals surface area contributed by atoms with Gasteiger partial charge in [-0.3, -0.25) is 0 Å². The first-order valence-electron chi connectivity index (χ1n) is 21.9. The van der Waals surface area contributed by atoms with Gasteiger partial charge in [0, 0.05) is 102 Å². The second kappa shape index (κ2) is 13.4. The Bertz CT molecular complexity index is 3270. The Morgan fingerprint density at radius 1 is 0.424 bits per heavy atom. The van der Waals surface area contributed by atoms with Gasteiger partial charge in [-0.05, 0) is 110 Å². The fourth-order valence-corrected chi connectivity index (χ4v) is 12.2. The number of fused-ring (bicyclic) bond motifs is 12. The van der Waals surface area contributed by atoms with Crippen molar-refractivity contribution in [3.8, 4) is 21.6 Å². The molecule has 0 aliphatic carbocycles. The standard InChI is InChI=1S/C54H52N4S/c1-9-55-42-25-17-21-34(49(42)51-44(55)28-38-35-19-13-15-23-40(35)57(11-3)53(38)47(51)31(5)6)33-27-46(59-30-33)37-22-18-26-43-50(37)52-45(56(43)10-2)29-39-36-20-14-16-24-41(36)58(12-4)54(39)48(52)32(7)8/h13-32H,9-12H2,1-8H3. The molecule has 0 saturated heterocycles. The summed E-state index contributed by atoms with van der Waals surface area (Å²) in [6.07, 6.45) is 0. The van der Waals surface area contributed by atoms with E-state index in [1.165, 1.54) is 120 Å². The van der Waals surface area contributed by atoms with Crippen LogP contribution in [0.3, 0.4) is 0 Å². The number of hydrogen-bond donors (Lipinski definition) is 0. The Morgan fingerprint density at radius 3 is 1.34 bits per heavy atom. The van der Waals surface area contributed by atoms with Gasteiger partial charge in [-0.25, -0.2) is 0 Å². The van der Waals surface area contributed by atoms with Crippen molar-refractivity contribution in [3.05, 3.63) is 120 Å². The second-order valence-corrected chi connectivity index (χ2v) is 18.0. The maximum atomic E-state index is 2.57. The maximum Gasteiger partial charge on any atom is 0.0534 e. The molecule has 0 aliphatic heterocycles. The van der Waals surface area contributed by atoms with E-state index < -0.39 is 0 Å². The van der Waals surface area contributed by atoms with Crippen molar-refractivity contribution < 1.29 is 0 Å². The molecule has 0 N–H and O–H groups in total. The summed E-state index contributed by atoms with van der Waals surface area (Å²) in [6, 6.07) is 39.5. The molecule has 6 aromatic carbocycles. The van der Waals surface area contributed by atoms with Crippen molar-refractivity contribution in [2.45, 2.75) is 93.4 Å². The van der Waals surface area contributed by atoms with E-state index in [1.807, 2.05) is 11.3 Å². The van der Waals surface area contributed by atoms with Crippen molar-refractivity contribution in [1.82, 2.24) is 18.3 Å². The van der Waals surface area contributed by atoms with Crippen LogP contribution in [0.15, 0.2) is 109 Å². The summed E-state index contributed by atoms with van der Waals surface area (Å²) in [5.74, 6) is 0.694. The summed E-state index contributed by atoms with van der Waals surface area (Å²) in [5, 5.41) is 13.4. The van der Waals surface area contributed by atoms with Crippen LogP contribution < -0.4 is 0 Å². The molecule has 4 nitrogen and oxygen atoms in total. The van der Waals surface area contributed by atoms with Crippen LogP contribution in [0.2, 0.25) is 0 Å². The molecule has 0 amide bonds. The monoisotopic (exact) mass is 788 g/mol. The van der Waals surface area contributed by atoms with Crippen LogP contribution in [-0.4, -0.2) is 18.3 Å². The van der Waals surface area contributed by atoms with Gasteiger partial charge in [0.15, 0.2) is 0 Å². The quantitative estimate of drug-likeness (QED) is 0.146. The lowest BCUT2D eigenvalue weighted by Crippen LogP contribution is -2.00. The molecule has 0 saturated carbocycles. The molecule has 0 spiro atoms. The van der Waals surface area contributed by atoms with E-state index in [4.69, 9.17) is 0 Å². The van der Waals surface area contributed by atoms with Gasteiger partial charge in [0.25, 0.3) is 0 Å². The Kier molecular flexibility index (Phi) is 8.23. The van der Waals surface area contributed by atoms with Gasteiger partial charge >= 0.3 is 0 Å². The topological polar surface area (TPSA) is 19.7 Å². The highest BCUT2D eigenvalue weighted by Gasteiger charge is 2.27. The molecule has 0 bridgehead atoms. The number of nitrogens with zero attached hydrogens (tertiary/aromatic N) is 4. The van der Waals surface area contributed by atoms with Crippen molar-refractivity contribution in [3.63, 3.8) is 0 Å². The van der Waals surface area contributed by atoms with E-state index in [-0.39, 0.29) is 0 Å². The van der Waals surface area contributed by atoms with E-state index in [2.05, 4.69) is 182 Å². The zero-order valence-electron chi connectivity index (χ0n) is 35.6. The van der Waals surface area contributed by atoms with Crippen LogP contribution in [0.25, 0.3) is 109 Å². The first-order valence-corrected chi connectivity index (χ1v) is 22.8. The molecular formula is C54H52N4S. The van der Waals surface area contributed by atoms with Gasteiger partial charge in [-0.15, -0.1) is 11.3 Å². The molecule has 0 fully saturated rings. The number of aryl methyl sites for hydroxylation is 4. The van der Waals surface area contributed by atoms with Gasteiger partial charge < -0.3 is 18.3 Å². The van der Waals surface area contributed by atoms with Crippen LogP contribution in [-0.2, 0) is 26.2 Å². The first kappa shape index (κ1) is 36.3. The normalized spacial score (nSPS) is 12.6. The van der Waals surface area contributed by atoms with Crippen molar-refractivity contribution in [2.24, 2.45) is 0 Å². The largest absolute Gasteiger partial charge is 0.341 e. The number of aromatic nitrogens is 4. The van der Waals surface area contributed by atoms with Crippen molar-refractivity contribution in [2.75, 3.05) is 0 Å². The van der Waals surface area contributed by atoms with Crippen molar-refractivity contribution in [1.29, 1.82) is 0 Å². The lowest BCUT2D eigenvalue weighted by atomic mass is 9.91. The summed E-state index contributed by atoms with van der Waals surface area (Å²) in [5.41, 5.74) is 17.6. The number of benzene rings is 6. The summed E-state index contributed by atoms with van der Waals surface area (Å²) in [4.78, 5) is 1.32. The van der Waals surface area contributed by atoms with Gasteiger partial charge in [-0.2, -0.15) is 0 Å². The average Bonchev–Trinajstić information content (AvgIpc) is 4.07. The Balaban J connectivity index is 1.20. The minimum atomic E-state index is 0.347. The number of rotatable bonds is 8. The fourth-order valence-electron chi connectivity index (χ4n) is 11.3. The highest BCUT2D eigenvalue weighted by molar-refractivity contribution is 7.14. The molecule has 5 heterocycles. The minimum Gasteiger partial charge on any atom is -0.341 e. The maximum absolute atomic E-state index is 2.57. The average molecular weight is 789 g/mol. The Morgan fingerprint density at radius 2 is 0.864 bits per heavy atom. The summed E-state index contributed by atoms with van der Waals surface area (Å²) >= 11 is 1.89. The van der Waals surface area contributed by atoms with Gasteiger partial charge in [0.05, 0.1) is 22.1 Å². The highest BCUT2D eigenvalue weighted by atomic mass is 32.1. The SMILES string of the molecule is CCn1c2cccc(-c3csc(-c4cccc5c4c4c(C(C)C)c6c(cc4n5CC)c4ccccc4n6CC)c3)c2c2c(C(C)C)c3c(cc21)c1ccccc1n3CC. The summed E-state index contributed by atoms with van der Waals surface area (Å²) in [6.45, 7) is 22.5. The molecule has 294 valence electrons. The zero-order valence-corrected chi connectivity index (χ0v) is 36.4. The molecule has 5 aromatic heterocycles. The molecule has 59 heavy (non-hydrogen) atoms. The van der Waals surface area contributed by atoms with Crippen LogP contribution in [0.4, 0.5) is 0 Å². The van der Waals surface area contributed by atoms with Crippen LogP contribution in [0, 0.1) is 0 Å². The lowest BCUT2D eigenvalue weighted by molar-refractivity contribution is 0.806. The molecule has 0 radical (unpaired) electrons. The van der Waals surface area contributed by atoms with Crippen LogP contribution >= 0.6 is 11.3 Å². The smallest absolute Gasteiger partial charge is 0.0534 e. The summed E-state index contributed by atoms with van der Waals surface area (Å²) < 4.78 is 10.3. The van der Waals surface area contributed by atoms with Gasteiger partial charge in [0.1, 0.15) is 0 Å². The van der Waals surface area contributed by atoms with E-state index in [9.17, 15) is 0 Å². The van der Waals surface area contributed by atoms with E-state index in [0.717, 1.165) is 26.2 Å². The van der Waals surface area contributed by atoms with Crippen molar-refractivity contribution >= 4 is 98.6 Å². The van der Waals surface area contributed by atoms with E-state index in [0.29, 0.717) is 11.8 Å². The third kappa shape index (κ3) is 4.82. The second-order valence-electron chi connectivity index (χ2n) is 17.1. The molecule has 5 heteroatoms. The number of hydrogen-bond acceptors (Lipinski definition) is 1. The molecule has 11 rings (SSSR count). The van der Waals surface area contributed by atoms with E-state index in [1.54, 1.807) is 0 Å². The number of para-hydroxylation sites is 2. The Hall–Kier alpha value is -5.78. The third-order valence-electron chi connectivity index (χ3n) is 13.5. The van der Waals surface area contributed by atoms with Gasteiger partial charge in [-0.1, -0.05) is 88.4 Å². The predicted molar refractivity (Wildman–Crippen MR) is 258 cm³/mol. The minimum absolute atomic E-state index is 0.347. The Labute approximate surface area is 349 Å². The molecule has 0 aliphatic rings. The molecule has 11 aromatic rings. The van der Waals surface area contributed by atoms with Gasteiger partial charge in [0.2, 0.25) is 0 Å². The third-order valence-corrected chi connectivity index (χ3v) is 14.5. The lowest BCUT2D eigenvalue weighted by Gasteiger charge is -2.15. The van der Waals surface area contributed by atoms with E-state index >= 15 is 0 Å². The van der Waals surface area contributed by atoms with Crippen LogP contribution in [0.5, 0.6) is 0 Å². The van der Waals surface area contributed by atoms with Crippen LogP contribution in [0.1, 0.15) is 78.4 Å². The highest BCUT2D eigenvalue weighted by Crippen LogP contribution is 2.49. The number of thiophene rings is 1. The fraction of sp³-hybridized carbons (Fsp3) is 0.259. The zero-order chi connectivity index (χ0) is 40.4. The molecular weight excluding hydrogens is 737 g/mol.